The highest BCUT2D eigenvalue weighted by Gasteiger charge is 2.16. The molecule has 0 unspecified atom stereocenters. The largest absolute Gasteiger partial charge is 0.326 e. The molecule has 0 bridgehead atoms. The summed E-state index contributed by atoms with van der Waals surface area (Å²) in [6.45, 7) is 12.8. The van der Waals surface area contributed by atoms with Crippen LogP contribution in [0.15, 0.2) is 0 Å². The second kappa shape index (κ2) is 5.67. The number of aryl methyl sites for hydroxylation is 2. The second-order valence-corrected chi connectivity index (χ2v) is 5.82. The molecule has 17 heavy (non-hydrogen) atoms. The minimum atomic E-state index is 0.353. The zero-order valence-electron chi connectivity index (χ0n) is 12.0. The van der Waals surface area contributed by atoms with Gasteiger partial charge in [-0.2, -0.15) is 5.10 Å². The van der Waals surface area contributed by atoms with Crippen LogP contribution in [0.4, 0.5) is 0 Å². The van der Waals surface area contributed by atoms with E-state index in [2.05, 4.69) is 39.3 Å². The molecule has 1 aromatic rings. The minimum Gasteiger partial charge on any atom is -0.326 e. The Balaban J connectivity index is 2.95. The molecule has 3 heteroatoms. The summed E-state index contributed by atoms with van der Waals surface area (Å²) in [7, 11) is 0. The number of nitrogens with two attached hydrogens (primary N) is 1. The zero-order valence-corrected chi connectivity index (χ0v) is 12.0. The Hall–Kier alpha value is -0.830. The first-order valence-corrected chi connectivity index (χ1v) is 6.70. The van der Waals surface area contributed by atoms with Gasteiger partial charge in [-0.25, -0.2) is 0 Å². The Kier molecular flexibility index (Phi) is 4.75. The molecule has 1 heterocycles. The van der Waals surface area contributed by atoms with E-state index in [0.717, 1.165) is 25.8 Å². The van der Waals surface area contributed by atoms with Crippen LogP contribution in [-0.2, 0) is 25.9 Å². The average Bonchev–Trinajstić information content (AvgIpc) is 2.62. The monoisotopic (exact) mass is 237 g/mol. The third-order valence-electron chi connectivity index (χ3n) is 3.20. The van der Waals surface area contributed by atoms with Crippen LogP contribution in [0.5, 0.6) is 0 Å². The van der Waals surface area contributed by atoms with Crippen LogP contribution in [0.2, 0.25) is 0 Å². The van der Waals surface area contributed by atoms with E-state index in [4.69, 9.17) is 10.8 Å². The highest BCUT2D eigenvalue weighted by Crippen LogP contribution is 2.22. The Morgan fingerprint density at radius 2 is 1.82 bits per heavy atom. The molecule has 0 atom stereocenters. The van der Waals surface area contributed by atoms with Crippen LogP contribution in [0, 0.1) is 5.41 Å². The van der Waals surface area contributed by atoms with E-state index < -0.39 is 0 Å². The molecule has 3 nitrogen and oxygen atoms in total. The van der Waals surface area contributed by atoms with Crippen LogP contribution in [0.3, 0.4) is 0 Å². The van der Waals surface area contributed by atoms with Gasteiger partial charge in [0.25, 0.3) is 0 Å². The standard InChI is InChI=1S/C14H27N3/c1-6-12-11(10-15)13(7-2)17(16-12)9-8-14(3,4)5/h6-10,15H2,1-5H3. The Morgan fingerprint density at radius 1 is 1.18 bits per heavy atom. The Bertz CT molecular complexity index is 358. The Morgan fingerprint density at radius 3 is 2.24 bits per heavy atom. The number of rotatable bonds is 5. The third kappa shape index (κ3) is 3.56. The van der Waals surface area contributed by atoms with Gasteiger partial charge in [-0.1, -0.05) is 34.6 Å². The molecular formula is C14H27N3. The average molecular weight is 237 g/mol. The maximum atomic E-state index is 5.84. The van der Waals surface area contributed by atoms with Crippen molar-refractivity contribution in [3.05, 3.63) is 17.0 Å². The summed E-state index contributed by atoms with van der Waals surface area (Å²) in [5, 5.41) is 4.71. The highest BCUT2D eigenvalue weighted by molar-refractivity contribution is 5.26. The van der Waals surface area contributed by atoms with Crippen molar-refractivity contribution in [2.24, 2.45) is 11.1 Å². The number of hydrogen-bond acceptors (Lipinski definition) is 2. The van der Waals surface area contributed by atoms with E-state index in [1.165, 1.54) is 17.0 Å². The lowest BCUT2D eigenvalue weighted by molar-refractivity contribution is 0.337. The quantitative estimate of drug-likeness (QED) is 0.855. The van der Waals surface area contributed by atoms with Crippen molar-refractivity contribution >= 4 is 0 Å². The van der Waals surface area contributed by atoms with Gasteiger partial charge in [0.05, 0.1) is 5.69 Å². The van der Waals surface area contributed by atoms with Gasteiger partial charge in [-0.05, 0) is 24.7 Å². The number of hydrogen-bond donors (Lipinski definition) is 1. The molecule has 0 saturated heterocycles. The zero-order chi connectivity index (χ0) is 13.1. The van der Waals surface area contributed by atoms with Gasteiger partial charge in [0.1, 0.15) is 0 Å². The molecule has 1 aromatic heterocycles. The normalized spacial score (nSPS) is 12.1. The van der Waals surface area contributed by atoms with Gasteiger partial charge in [-0.15, -0.1) is 0 Å². The lowest BCUT2D eigenvalue weighted by Crippen LogP contribution is -2.13. The second-order valence-electron chi connectivity index (χ2n) is 5.82. The summed E-state index contributed by atoms with van der Waals surface area (Å²) in [5.41, 5.74) is 9.97. The molecule has 2 N–H and O–H groups in total. The van der Waals surface area contributed by atoms with Crippen LogP contribution in [0.25, 0.3) is 0 Å². The summed E-state index contributed by atoms with van der Waals surface area (Å²) >= 11 is 0. The summed E-state index contributed by atoms with van der Waals surface area (Å²) in [5.74, 6) is 0. The van der Waals surface area contributed by atoms with E-state index >= 15 is 0 Å². The van der Waals surface area contributed by atoms with Gasteiger partial charge in [-0.3, -0.25) is 4.68 Å². The maximum Gasteiger partial charge on any atom is 0.0669 e. The fraction of sp³-hybridized carbons (Fsp3) is 0.786. The number of aromatic nitrogens is 2. The molecule has 0 aliphatic carbocycles. The van der Waals surface area contributed by atoms with E-state index in [1.807, 2.05) is 0 Å². The fourth-order valence-corrected chi connectivity index (χ4v) is 2.13. The van der Waals surface area contributed by atoms with Gasteiger partial charge < -0.3 is 5.73 Å². The molecule has 0 radical (unpaired) electrons. The van der Waals surface area contributed by atoms with Crippen molar-refractivity contribution in [1.29, 1.82) is 0 Å². The third-order valence-corrected chi connectivity index (χ3v) is 3.20. The molecule has 0 aromatic carbocycles. The van der Waals surface area contributed by atoms with Crippen molar-refractivity contribution < 1.29 is 0 Å². The van der Waals surface area contributed by atoms with Gasteiger partial charge in [0.15, 0.2) is 0 Å². The first kappa shape index (κ1) is 14.2. The van der Waals surface area contributed by atoms with E-state index in [9.17, 15) is 0 Å². The lowest BCUT2D eigenvalue weighted by atomic mass is 9.92. The SMILES string of the molecule is CCc1nn(CCC(C)(C)C)c(CC)c1CN. The van der Waals surface area contributed by atoms with Crippen LogP contribution >= 0.6 is 0 Å². The van der Waals surface area contributed by atoms with Crippen molar-refractivity contribution in [1.82, 2.24) is 9.78 Å². The van der Waals surface area contributed by atoms with Crippen molar-refractivity contribution in [3.63, 3.8) is 0 Å². The van der Waals surface area contributed by atoms with E-state index in [0.29, 0.717) is 12.0 Å². The van der Waals surface area contributed by atoms with Crippen molar-refractivity contribution in [2.75, 3.05) is 0 Å². The first-order chi connectivity index (χ1) is 7.92. The molecule has 0 amide bonds. The number of nitrogens with zero attached hydrogens (tertiary/aromatic N) is 2. The molecule has 0 saturated carbocycles. The van der Waals surface area contributed by atoms with Crippen LogP contribution in [0.1, 0.15) is 58.0 Å². The molecule has 0 spiro atoms. The smallest absolute Gasteiger partial charge is 0.0669 e. The fourth-order valence-electron chi connectivity index (χ4n) is 2.13. The van der Waals surface area contributed by atoms with Crippen molar-refractivity contribution in [2.45, 2.75) is 67.0 Å². The molecule has 0 fully saturated rings. The summed E-state index contributed by atoms with van der Waals surface area (Å²) in [6.07, 6.45) is 3.14. The predicted octanol–water partition coefficient (Wildman–Crippen LogP) is 2.90. The molecule has 0 aliphatic heterocycles. The Labute approximate surface area is 105 Å². The van der Waals surface area contributed by atoms with E-state index in [-0.39, 0.29) is 0 Å². The van der Waals surface area contributed by atoms with Gasteiger partial charge >= 0.3 is 0 Å². The first-order valence-electron chi connectivity index (χ1n) is 6.70. The molecular weight excluding hydrogens is 210 g/mol. The highest BCUT2D eigenvalue weighted by atomic mass is 15.3. The minimum absolute atomic E-state index is 0.353. The van der Waals surface area contributed by atoms with Gasteiger partial charge in [0, 0.05) is 24.3 Å². The van der Waals surface area contributed by atoms with Crippen LogP contribution in [-0.4, -0.2) is 9.78 Å². The molecule has 98 valence electrons. The maximum absolute atomic E-state index is 5.84. The van der Waals surface area contributed by atoms with Crippen molar-refractivity contribution in [3.8, 4) is 0 Å². The lowest BCUT2D eigenvalue weighted by Gasteiger charge is -2.18. The molecule has 0 aliphatic rings. The van der Waals surface area contributed by atoms with Crippen LogP contribution < -0.4 is 5.73 Å². The summed E-state index contributed by atoms with van der Waals surface area (Å²) in [4.78, 5) is 0. The van der Waals surface area contributed by atoms with Gasteiger partial charge in [0.2, 0.25) is 0 Å². The molecule has 1 rings (SSSR count). The van der Waals surface area contributed by atoms with E-state index in [1.54, 1.807) is 0 Å². The summed E-state index contributed by atoms with van der Waals surface area (Å²) in [6, 6.07) is 0. The summed E-state index contributed by atoms with van der Waals surface area (Å²) < 4.78 is 2.17. The topological polar surface area (TPSA) is 43.8 Å². The predicted molar refractivity (Wildman–Crippen MR) is 72.9 cm³/mol.